The molecule has 3 atom stereocenters. The molecule has 0 bridgehead atoms. The molecular formula is C16H23NO3S. The Balaban J connectivity index is 2.06. The van der Waals surface area contributed by atoms with E-state index in [1.54, 1.807) is 6.07 Å². The fourth-order valence-corrected chi connectivity index (χ4v) is 5.88. The predicted octanol–water partition coefficient (Wildman–Crippen LogP) is 1.96. The summed E-state index contributed by atoms with van der Waals surface area (Å²) in [5.74, 6) is 0.237. The molecule has 5 heteroatoms. The van der Waals surface area contributed by atoms with Gasteiger partial charge in [-0.15, -0.1) is 0 Å². The van der Waals surface area contributed by atoms with Gasteiger partial charge in [0.05, 0.1) is 16.8 Å². The monoisotopic (exact) mass is 309 g/mol. The van der Waals surface area contributed by atoms with Crippen LogP contribution >= 0.6 is 0 Å². The highest BCUT2D eigenvalue weighted by Crippen LogP contribution is 2.52. The molecule has 0 spiro atoms. The molecule has 0 aliphatic carbocycles. The van der Waals surface area contributed by atoms with Crippen molar-refractivity contribution in [2.75, 3.05) is 25.4 Å². The number of hydrogen-bond acceptors (Lipinski definition) is 4. The molecule has 1 N–H and O–H groups in total. The zero-order chi connectivity index (χ0) is 15.1. The molecule has 0 saturated carbocycles. The van der Waals surface area contributed by atoms with Crippen molar-refractivity contribution in [1.82, 2.24) is 5.32 Å². The smallest absolute Gasteiger partial charge is 0.179 e. The number of benzene rings is 1. The van der Waals surface area contributed by atoms with Gasteiger partial charge in [0.25, 0.3) is 0 Å². The zero-order valence-electron chi connectivity index (χ0n) is 12.6. The third kappa shape index (κ3) is 2.31. The van der Waals surface area contributed by atoms with Crippen LogP contribution in [0.1, 0.15) is 31.7 Å². The van der Waals surface area contributed by atoms with Crippen LogP contribution in [-0.4, -0.2) is 40.0 Å². The molecule has 1 aromatic rings. The maximum Gasteiger partial charge on any atom is 0.179 e. The molecule has 0 amide bonds. The summed E-state index contributed by atoms with van der Waals surface area (Å²) < 4.78 is 30.8. The van der Waals surface area contributed by atoms with E-state index in [2.05, 4.69) is 19.2 Å². The van der Waals surface area contributed by atoms with Crippen molar-refractivity contribution in [2.24, 2.45) is 5.41 Å². The number of nitrogens with one attached hydrogen (secondary N) is 1. The summed E-state index contributed by atoms with van der Waals surface area (Å²) in [5, 5.41) is 3.42. The number of ether oxygens (including phenoxy) is 1. The Labute approximate surface area is 126 Å². The molecule has 4 nitrogen and oxygen atoms in total. The first-order valence-electron chi connectivity index (χ1n) is 7.65. The standard InChI is InChI=1S/C16H23NO3S/c1-3-17-11-16(8-9-20-12(16)2)14-10-21(18,19)15-7-5-4-6-13(14)15/h4-7,12,14,17H,3,8-11H2,1-2H3. The molecule has 2 aliphatic heterocycles. The van der Waals surface area contributed by atoms with Gasteiger partial charge >= 0.3 is 0 Å². The largest absolute Gasteiger partial charge is 0.378 e. The van der Waals surface area contributed by atoms with Crippen LogP contribution < -0.4 is 5.32 Å². The van der Waals surface area contributed by atoms with Crippen molar-refractivity contribution in [2.45, 2.75) is 37.2 Å². The van der Waals surface area contributed by atoms with Crippen LogP contribution in [0.5, 0.6) is 0 Å². The molecule has 3 rings (SSSR count). The first-order chi connectivity index (χ1) is 10.0. The average Bonchev–Trinajstić information content (AvgIpc) is 2.97. The van der Waals surface area contributed by atoms with E-state index >= 15 is 0 Å². The highest BCUT2D eigenvalue weighted by Gasteiger charge is 2.52. The van der Waals surface area contributed by atoms with E-state index in [1.165, 1.54) is 0 Å². The van der Waals surface area contributed by atoms with E-state index in [0.29, 0.717) is 11.5 Å². The molecule has 3 unspecified atom stereocenters. The van der Waals surface area contributed by atoms with E-state index in [-0.39, 0.29) is 23.2 Å². The van der Waals surface area contributed by atoms with Gasteiger partial charge in [-0.25, -0.2) is 8.42 Å². The Bertz CT molecular complexity index is 628. The topological polar surface area (TPSA) is 55.4 Å². The lowest BCUT2D eigenvalue weighted by Crippen LogP contribution is -2.44. The molecule has 21 heavy (non-hydrogen) atoms. The second-order valence-electron chi connectivity index (χ2n) is 6.15. The van der Waals surface area contributed by atoms with Crippen molar-refractivity contribution in [3.63, 3.8) is 0 Å². The van der Waals surface area contributed by atoms with Gasteiger partial charge in [-0.05, 0) is 31.5 Å². The lowest BCUT2D eigenvalue weighted by molar-refractivity contribution is 0.0519. The highest BCUT2D eigenvalue weighted by atomic mass is 32.2. The number of sulfone groups is 1. The maximum absolute atomic E-state index is 12.5. The Morgan fingerprint density at radius 1 is 1.38 bits per heavy atom. The molecule has 116 valence electrons. The molecule has 2 heterocycles. The normalized spacial score (nSPS) is 34.0. The average molecular weight is 309 g/mol. The van der Waals surface area contributed by atoms with E-state index in [1.807, 2.05) is 18.2 Å². The van der Waals surface area contributed by atoms with Crippen LogP contribution in [-0.2, 0) is 14.6 Å². The molecule has 0 aromatic heterocycles. The SMILES string of the molecule is CCNCC1(C2CS(=O)(=O)c3ccccc32)CCOC1C. The number of rotatable bonds is 4. The van der Waals surface area contributed by atoms with Crippen molar-refractivity contribution < 1.29 is 13.2 Å². The van der Waals surface area contributed by atoms with Crippen molar-refractivity contribution in [3.8, 4) is 0 Å². The second kappa shape index (κ2) is 5.38. The quantitative estimate of drug-likeness (QED) is 0.924. The van der Waals surface area contributed by atoms with Gasteiger partial charge in [0.15, 0.2) is 9.84 Å². The zero-order valence-corrected chi connectivity index (χ0v) is 13.4. The minimum atomic E-state index is -3.16. The highest BCUT2D eigenvalue weighted by molar-refractivity contribution is 7.91. The molecule has 0 radical (unpaired) electrons. The van der Waals surface area contributed by atoms with Crippen LogP contribution in [0.2, 0.25) is 0 Å². The second-order valence-corrected chi connectivity index (χ2v) is 8.15. The van der Waals surface area contributed by atoms with Gasteiger partial charge in [0.1, 0.15) is 0 Å². The molecule has 2 aliphatic rings. The first-order valence-corrected chi connectivity index (χ1v) is 9.30. The van der Waals surface area contributed by atoms with Crippen molar-refractivity contribution in [1.29, 1.82) is 0 Å². The van der Waals surface area contributed by atoms with Crippen LogP contribution in [0.15, 0.2) is 29.2 Å². The van der Waals surface area contributed by atoms with Gasteiger partial charge in [-0.1, -0.05) is 25.1 Å². The van der Waals surface area contributed by atoms with Crippen molar-refractivity contribution >= 4 is 9.84 Å². The number of fused-ring (bicyclic) bond motifs is 1. The van der Waals surface area contributed by atoms with Gasteiger partial charge in [0, 0.05) is 24.5 Å². The summed E-state index contributed by atoms with van der Waals surface area (Å²) in [6.07, 6.45) is 0.985. The molecular weight excluding hydrogens is 286 g/mol. The fraction of sp³-hybridized carbons (Fsp3) is 0.625. The third-order valence-electron chi connectivity index (χ3n) is 5.16. The molecule has 1 aromatic carbocycles. The van der Waals surface area contributed by atoms with Crippen LogP contribution in [0, 0.1) is 5.41 Å². The van der Waals surface area contributed by atoms with Crippen LogP contribution in [0.25, 0.3) is 0 Å². The Morgan fingerprint density at radius 2 is 2.14 bits per heavy atom. The van der Waals surface area contributed by atoms with E-state index in [4.69, 9.17) is 4.74 Å². The molecule has 1 saturated heterocycles. The Hall–Kier alpha value is -0.910. The van der Waals surface area contributed by atoms with Gasteiger partial charge in [-0.3, -0.25) is 0 Å². The van der Waals surface area contributed by atoms with Crippen molar-refractivity contribution in [3.05, 3.63) is 29.8 Å². The third-order valence-corrected chi connectivity index (χ3v) is 6.97. The van der Waals surface area contributed by atoms with Gasteiger partial charge < -0.3 is 10.1 Å². The summed E-state index contributed by atoms with van der Waals surface area (Å²) in [6, 6.07) is 7.47. The lowest BCUT2D eigenvalue weighted by Gasteiger charge is -2.38. The first kappa shape index (κ1) is 15.0. The van der Waals surface area contributed by atoms with Gasteiger partial charge in [-0.2, -0.15) is 0 Å². The van der Waals surface area contributed by atoms with E-state index < -0.39 is 9.84 Å². The summed E-state index contributed by atoms with van der Waals surface area (Å²) in [7, 11) is -3.16. The minimum Gasteiger partial charge on any atom is -0.378 e. The van der Waals surface area contributed by atoms with Crippen LogP contribution in [0.3, 0.4) is 0 Å². The fourth-order valence-electron chi connectivity index (χ4n) is 3.89. The summed E-state index contributed by atoms with van der Waals surface area (Å²) in [6.45, 7) is 6.56. The maximum atomic E-state index is 12.5. The van der Waals surface area contributed by atoms with Crippen LogP contribution in [0.4, 0.5) is 0 Å². The van der Waals surface area contributed by atoms with E-state index in [0.717, 1.165) is 25.1 Å². The predicted molar refractivity (Wildman–Crippen MR) is 82.2 cm³/mol. The summed E-state index contributed by atoms with van der Waals surface area (Å²) in [5.41, 5.74) is 0.850. The number of hydrogen-bond donors (Lipinski definition) is 1. The summed E-state index contributed by atoms with van der Waals surface area (Å²) in [4.78, 5) is 0.518. The van der Waals surface area contributed by atoms with Gasteiger partial charge in [0.2, 0.25) is 0 Å². The summed E-state index contributed by atoms with van der Waals surface area (Å²) >= 11 is 0. The Kier molecular flexibility index (Phi) is 3.84. The minimum absolute atomic E-state index is 0.0234. The Morgan fingerprint density at radius 3 is 2.81 bits per heavy atom. The lowest BCUT2D eigenvalue weighted by atomic mass is 9.68. The van der Waals surface area contributed by atoms with E-state index in [9.17, 15) is 8.42 Å². The molecule has 1 fully saturated rings.